The van der Waals surface area contributed by atoms with Gasteiger partial charge in [0.1, 0.15) is 11.3 Å². The molecule has 1 unspecified atom stereocenters. The molecule has 0 saturated carbocycles. The number of alkyl halides is 2. The zero-order chi connectivity index (χ0) is 20.9. The van der Waals surface area contributed by atoms with Crippen molar-refractivity contribution >= 4 is 22.9 Å². The van der Waals surface area contributed by atoms with Gasteiger partial charge in [-0.25, -0.2) is 14.5 Å². The highest BCUT2D eigenvalue weighted by Gasteiger charge is 2.43. The number of pyridine rings is 1. The van der Waals surface area contributed by atoms with Gasteiger partial charge in [0.05, 0.1) is 17.6 Å². The minimum atomic E-state index is -3.04. The van der Waals surface area contributed by atoms with Crippen LogP contribution < -0.4 is 10.1 Å². The fourth-order valence-corrected chi connectivity index (χ4v) is 4.06. The van der Waals surface area contributed by atoms with Gasteiger partial charge in [0, 0.05) is 29.2 Å². The number of nitrogens with zero attached hydrogens (tertiary/aromatic N) is 4. The van der Waals surface area contributed by atoms with E-state index in [1.165, 1.54) is 22.8 Å². The third-order valence-corrected chi connectivity index (χ3v) is 5.23. The maximum absolute atomic E-state index is 13.6. The van der Waals surface area contributed by atoms with Crippen LogP contribution >= 0.6 is 11.6 Å². The summed E-state index contributed by atoms with van der Waals surface area (Å²) in [7, 11) is 0. The molecule has 1 aliphatic rings. The largest absolute Gasteiger partial charge is 0.415 e. The number of rotatable bonds is 5. The van der Waals surface area contributed by atoms with Gasteiger partial charge in [-0.15, -0.1) is 5.10 Å². The van der Waals surface area contributed by atoms with Crippen LogP contribution in [-0.2, 0) is 5.41 Å². The van der Waals surface area contributed by atoms with Crippen molar-refractivity contribution in [2.75, 3.05) is 5.32 Å². The molecule has 0 fully saturated rings. The molecule has 2 N–H and O–H groups in total. The summed E-state index contributed by atoms with van der Waals surface area (Å²) < 4.78 is 44.0. The zero-order valence-electron chi connectivity index (χ0n) is 15.4. The first-order valence-electron chi connectivity index (χ1n) is 8.75. The van der Waals surface area contributed by atoms with Gasteiger partial charge < -0.3 is 15.2 Å². The normalized spacial score (nSPS) is 18.8. The SMILES string of the molecule is CC1(C)C[C@H](C(O)Nc2cnc(OC(F)F)c(Cl)c2)c2cnc3cc(F)nn3c21. The highest BCUT2D eigenvalue weighted by atomic mass is 35.5. The topological polar surface area (TPSA) is 84.6 Å². The predicted molar refractivity (Wildman–Crippen MR) is 98.8 cm³/mol. The van der Waals surface area contributed by atoms with Crippen molar-refractivity contribution in [2.45, 2.75) is 44.4 Å². The van der Waals surface area contributed by atoms with Crippen LogP contribution in [0.2, 0.25) is 5.02 Å². The summed E-state index contributed by atoms with van der Waals surface area (Å²) in [4.78, 5) is 7.97. The summed E-state index contributed by atoms with van der Waals surface area (Å²) in [5.74, 6) is -1.41. The van der Waals surface area contributed by atoms with E-state index in [1.807, 2.05) is 13.8 Å². The Morgan fingerprint density at radius 3 is 2.76 bits per heavy atom. The van der Waals surface area contributed by atoms with E-state index in [2.05, 4.69) is 25.1 Å². The van der Waals surface area contributed by atoms with Crippen LogP contribution in [0.5, 0.6) is 5.88 Å². The Labute approximate surface area is 168 Å². The minimum Gasteiger partial charge on any atom is -0.415 e. The van der Waals surface area contributed by atoms with Gasteiger partial charge in [-0.05, 0) is 12.5 Å². The van der Waals surface area contributed by atoms with Crippen LogP contribution in [0, 0.1) is 5.95 Å². The second-order valence-corrected chi connectivity index (χ2v) is 7.88. The second-order valence-electron chi connectivity index (χ2n) is 7.47. The molecule has 11 heteroatoms. The lowest BCUT2D eigenvalue weighted by Crippen LogP contribution is -2.27. The van der Waals surface area contributed by atoms with E-state index < -0.39 is 30.1 Å². The number of aliphatic hydroxyl groups is 1. The molecular weight excluding hydrogens is 411 g/mol. The van der Waals surface area contributed by atoms with E-state index in [0.29, 0.717) is 17.8 Å². The highest BCUT2D eigenvalue weighted by Crippen LogP contribution is 2.47. The quantitative estimate of drug-likeness (QED) is 0.604. The number of hydrogen-bond donors (Lipinski definition) is 2. The lowest BCUT2D eigenvalue weighted by Gasteiger charge is -2.23. The molecule has 3 aromatic rings. The van der Waals surface area contributed by atoms with Gasteiger partial charge in [0.15, 0.2) is 5.65 Å². The average molecular weight is 428 g/mol. The number of aliphatic hydroxyl groups excluding tert-OH is 1. The highest BCUT2D eigenvalue weighted by molar-refractivity contribution is 6.32. The lowest BCUT2D eigenvalue weighted by molar-refractivity contribution is -0.0527. The molecule has 7 nitrogen and oxygen atoms in total. The Morgan fingerprint density at radius 2 is 2.07 bits per heavy atom. The number of aromatic nitrogens is 4. The monoisotopic (exact) mass is 427 g/mol. The Kier molecular flexibility index (Phi) is 4.78. The van der Waals surface area contributed by atoms with Crippen LogP contribution in [0.15, 0.2) is 24.5 Å². The molecule has 3 heterocycles. The smallest absolute Gasteiger partial charge is 0.388 e. The van der Waals surface area contributed by atoms with Gasteiger partial charge in [-0.3, -0.25) is 0 Å². The first-order chi connectivity index (χ1) is 13.7. The van der Waals surface area contributed by atoms with E-state index in [4.69, 9.17) is 11.6 Å². The van der Waals surface area contributed by atoms with Crippen molar-refractivity contribution in [1.82, 2.24) is 19.6 Å². The molecule has 29 heavy (non-hydrogen) atoms. The first kappa shape index (κ1) is 19.7. The summed E-state index contributed by atoms with van der Waals surface area (Å²) in [5, 5.41) is 17.4. The lowest BCUT2D eigenvalue weighted by atomic mass is 9.88. The molecule has 0 spiro atoms. The summed E-state index contributed by atoms with van der Waals surface area (Å²) >= 11 is 5.91. The minimum absolute atomic E-state index is 0.120. The zero-order valence-corrected chi connectivity index (χ0v) is 16.2. The summed E-state index contributed by atoms with van der Waals surface area (Å²) in [6.07, 6.45) is 2.33. The van der Waals surface area contributed by atoms with Gasteiger partial charge in [-0.1, -0.05) is 25.4 Å². The third-order valence-electron chi connectivity index (χ3n) is 4.96. The number of halogens is 4. The Balaban J connectivity index is 1.62. The first-order valence-corrected chi connectivity index (χ1v) is 9.13. The average Bonchev–Trinajstić information content (AvgIpc) is 3.13. The van der Waals surface area contributed by atoms with Crippen molar-refractivity contribution in [2.24, 2.45) is 0 Å². The fraction of sp³-hybridized carbons (Fsp3) is 0.389. The van der Waals surface area contributed by atoms with Gasteiger partial charge >= 0.3 is 6.61 Å². The van der Waals surface area contributed by atoms with E-state index in [-0.39, 0.29) is 10.9 Å². The van der Waals surface area contributed by atoms with E-state index in [9.17, 15) is 18.3 Å². The molecule has 0 bridgehead atoms. The Morgan fingerprint density at radius 1 is 1.31 bits per heavy atom. The number of hydrogen-bond acceptors (Lipinski definition) is 6. The van der Waals surface area contributed by atoms with Crippen LogP contribution in [0.3, 0.4) is 0 Å². The molecule has 0 amide bonds. The van der Waals surface area contributed by atoms with Crippen LogP contribution in [0.25, 0.3) is 5.65 Å². The Hall–Kier alpha value is -2.59. The molecule has 0 aliphatic heterocycles. The third kappa shape index (κ3) is 3.58. The molecule has 154 valence electrons. The molecular formula is C18H17ClF3N5O2. The molecule has 3 aromatic heterocycles. The summed E-state index contributed by atoms with van der Waals surface area (Å²) in [6.45, 7) is 0.914. The summed E-state index contributed by atoms with van der Waals surface area (Å²) in [6, 6.07) is 2.58. The maximum atomic E-state index is 13.6. The Bertz CT molecular complexity index is 1080. The fourth-order valence-electron chi connectivity index (χ4n) is 3.85. The van der Waals surface area contributed by atoms with E-state index >= 15 is 0 Å². The van der Waals surface area contributed by atoms with E-state index in [1.54, 1.807) is 6.20 Å². The van der Waals surface area contributed by atoms with Crippen LogP contribution in [0.1, 0.15) is 37.4 Å². The number of anilines is 1. The molecule has 1 aliphatic carbocycles. The van der Waals surface area contributed by atoms with Crippen molar-refractivity contribution in [1.29, 1.82) is 0 Å². The van der Waals surface area contributed by atoms with Crippen molar-refractivity contribution in [3.05, 3.63) is 46.8 Å². The van der Waals surface area contributed by atoms with Gasteiger partial charge in [0.2, 0.25) is 11.8 Å². The number of nitrogens with one attached hydrogen (secondary N) is 1. The van der Waals surface area contributed by atoms with Crippen LogP contribution in [-0.4, -0.2) is 37.5 Å². The van der Waals surface area contributed by atoms with Crippen LogP contribution in [0.4, 0.5) is 18.9 Å². The van der Waals surface area contributed by atoms with Crippen molar-refractivity contribution in [3.63, 3.8) is 0 Å². The van der Waals surface area contributed by atoms with Crippen molar-refractivity contribution in [3.8, 4) is 5.88 Å². The molecule has 0 radical (unpaired) electrons. The van der Waals surface area contributed by atoms with Gasteiger partial charge in [0.25, 0.3) is 0 Å². The predicted octanol–water partition coefficient (Wildman–Crippen LogP) is 3.71. The summed E-state index contributed by atoms with van der Waals surface area (Å²) in [5.41, 5.74) is 1.83. The number of fused-ring (bicyclic) bond motifs is 3. The van der Waals surface area contributed by atoms with E-state index in [0.717, 1.165) is 11.3 Å². The van der Waals surface area contributed by atoms with Gasteiger partial charge in [-0.2, -0.15) is 13.2 Å². The molecule has 2 atom stereocenters. The number of ether oxygens (including phenoxy) is 1. The standard InChI is InChI=1S/C18H17ClF3N5O2/c1-18(2)5-9(10-7-23-13-4-12(20)26-27(13)14(10)18)15(28)25-8-3-11(19)16(24-6-8)29-17(21)22/h3-4,6-7,9,15,17,25,28H,5H2,1-2H3/t9-,15?/m0/s1. The van der Waals surface area contributed by atoms with Crippen molar-refractivity contribution < 1.29 is 23.0 Å². The molecule has 0 aromatic carbocycles. The second kappa shape index (κ2) is 7.03. The molecule has 4 rings (SSSR count). The molecule has 0 saturated heterocycles. The maximum Gasteiger partial charge on any atom is 0.388 e.